The molecule has 3 aromatic carbocycles. The van der Waals surface area contributed by atoms with Gasteiger partial charge < -0.3 is 10.1 Å². The zero-order valence-corrected chi connectivity index (χ0v) is 21.2. The minimum atomic E-state index is -0.545. The van der Waals surface area contributed by atoms with Crippen molar-refractivity contribution in [1.82, 2.24) is 5.32 Å². The topological polar surface area (TPSA) is 82.4 Å². The van der Waals surface area contributed by atoms with Crippen LogP contribution in [-0.2, 0) is 22.6 Å². The predicted octanol–water partition coefficient (Wildman–Crippen LogP) is 5.48. The number of nitriles is 1. The fourth-order valence-corrected chi connectivity index (χ4v) is 5.32. The number of thioether (sulfide) groups is 1. The molecule has 8 heteroatoms. The molecular formula is C28H24ClN3O3S. The van der Waals surface area contributed by atoms with Crippen LogP contribution in [0.15, 0.2) is 89.5 Å². The van der Waals surface area contributed by atoms with Crippen LogP contribution in [0, 0.1) is 11.3 Å². The lowest BCUT2D eigenvalue weighted by molar-refractivity contribution is -0.117. The van der Waals surface area contributed by atoms with Crippen LogP contribution in [0.4, 0.5) is 5.69 Å². The van der Waals surface area contributed by atoms with Gasteiger partial charge in [-0.1, -0.05) is 71.9 Å². The van der Waals surface area contributed by atoms with Crippen molar-refractivity contribution < 1.29 is 14.3 Å². The molecule has 0 aliphatic carbocycles. The Morgan fingerprint density at radius 3 is 2.44 bits per heavy atom. The molecule has 1 atom stereocenters. The molecule has 0 aromatic heterocycles. The van der Waals surface area contributed by atoms with Crippen molar-refractivity contribution in [3.8, 4) is 11.8 Å². The molecule has 2 amide bonds. The van der Waals surface area contributed by atoms with Gasteiger partial charge in [0.15, 0.2) is 0 Å². The van der Waals surface area contributed by atoms with Gasteiger partial charge in [0.2, 0.25) is 5.91 Å². The predicted molar refractivity (Wildman–Crippen MR) is 143 cm³/mol. The number of anilines is 1. The molecule has 1 unspecified atom stereocenters. The normalized spacial score (nSPS) is 16.4. The zero-order valence-electron chi connectivity index (χ0n) is 19.6. The van der Waals surface area contributed by atoms with Crippen LogP contribution in [0.5, 0.6) is 5.75 Å². The quantitative estimate of drug-likeness (QED) is 0.316. The fraction of sp³-hybridized carbons (Fsp3) is 0.179. The van der Waals surface area contributed by atoms with Crippen molar-refractivity contribution in [2.75, 3.05) is 11.5 Å². The van der Waals surface area contributed by atoms with Crippen LogP contribution in [0.3, 0.4) is 0 Å². The third kappa shape index (κ3) is 5.73. The third-order valence-corrected chi connectivity index (χ3v) is 7.20. The number of hydrogen-bond acceptors (Lipinski definition) is 5. The molecule has 6 nitrogen and oxygen atoms in total. The highest BCUT2D eigenvalue weighted by Gasteiger charge is 2.41. The average Bonchev–Trinajstić information content (AvgIpc) is 3.21. The number of benzene rings is 3. The molecule has 1 heterocycles. The number of nitrogens with zero attached hydrogens (tertiary/aromatic N) is 2. The molecule has 1 aliphatic rings. The number of rotatable bonds is 8. The van der Waals surface area contributed by atoms with Gasteiger partial charge in [0.25, 0.3) is 5.91 Å². The van der Waals surface area contributed by atoms with Gasteiger partial charge >= 0.3 is 0 Å². The molecule has 1 saturated heterocycles. The molecule has 0 radical (unpaired) electrons. The molecular weight excluding hydrogens is 494 g/mol. The maximum absolute atomic E-state index is 13.6. The summed E-state index contributed by atoms with van der Waals surface area (Å²) < 4.78 is 5.52. The zero-order chi connectivity index (χ0) is 25.5. The number of carbonyl (C=O) groups is 2. The lowest BCUT2D eigenvalue weighted by Crippen LogP contribution is -2.32. The lowest BCUT2D eigenvalue weighted by Gasteiger charge is -2.19. The molecule has 36 heavy (non-hydrogen) atoms. The highest BCUT2D eigenvalue weighted by molar-refractivity contribution is 8.05. The van der Waals surface area contributed by atoms with E-state index in [-0.39, 0.29) is 18.0 Å². The van der Waals surface area contributed by atoms with Crippen molar-refractivity contribution in [2.45, 2.75) is 25.1 Å². The molecule has 0 saturated carbocycles. The van der Waals surface area contributed by atoms with Crippen LogP contribution in [0.25, 0.3) is 0 Å². The first-order chi connectivity index (χ1) is 17.5. The Labute approximate surface area is 219 Å². The molecule has 0 bridgehead atoms. The van der Waals surface area contributed by atoms with E-state index in [0.717, 1.165) is 11.1 Å². The number of hydrogen-bond donors (Lipinski definition) is 1. The average molecular weight is 518 g/mol. The first kappa shape index (κ1) is 25.4. The molecule has 1 aliphatic heterocycles. The molecule has 1 fully saturated rings. The van der Waals surface area contributed by atoms with Gasteiger partial charge in [-0.05, 0) is 54.8 Å². The number of ether oxygens (including phenoxy) is 1. The van der Waals surface area contributed by atoms with Crippen LogP contribution in [-0.4, -0.2) is 23.7 Å². The molecule has 1 N–H and O–H groups in total. The standard InChI is InChI=1S/C28H24ClN3O3S/c1-2-35-22-14-12-21(13-15-22)32-27(34)25(16-20-10-6-7-11-24(20)29)36-28(32)23(17-30)26(33)31-18-19-8-4-3-5-9-19/h3-15,25H,2,16,18H2,1H3,(H,31,33)/b28-23-. The van der Waals surface area contributed by atoms with E-state index < -0.39 is 11.2 Å². The molecule has 4 rings (SSSR count). The molecule has 0 spiro atoms. The Balaban J connectivity index is 1.68. The summed E-state index contributed by atoms with van der Waals surface area (Å²) in [5, 5.41) is 13.1. The SMILES string of the molecule is CCOc1ccc(N2C(=O)C(Cc3ccccc3Cl)S/C2=C(/C#N)C(=O)NCc2ccccc2)cc1. The van der Waals surface area contributed by atoms with Crippen LogP contribution < -0.4 is 15.0 Å². The van der Waals surface area contributed by atoms with Gasteiger partial charge in [0.05, 0.1) is 11.9 Å². The van der Waals surface area contributed by atoms with Crippen molar-refractivity contribution in [3.05, 3.63) is 106 Å². The second-order valence-electron chi connectivity index (χ2n) is 7.96. The van der Waals surface area contributed by atoms with Gasteiger partial charge in [-0.2, -0.15) is 5.26 Å². The van der Waals surface area contributed by atoms with Crippen molar-refractivity contribution in [2.24, 2.45) is 0 Å². The third-order valence-electron chi connectivity index (χ3n) is 5.57. The van der Waals surface area contributed by atoms with Gasteiger partial charge in [-0.25, -0.2) is 0 Å². The highest BCUT2D eigenvalue weighted by atomic mass is 35.5. The van der Waals surface area contributed by atoms with Crippen molar-refractivity contribution in [3.63, 3.8) is 0 Å². The van der Waals surface area contributed by atoms with Crippen molar-refractivity contribution >= 4 is 40.9 Å². The maximum Gasteiger partial charge on any atom is 0.264 e. The Bertz CT molecular complexity index is 1320. The molecule has 182 valence electrons. The van der Waals surface area contributed by atoms with Crippen LogP contribution in [0.1, 0.15) is 18.1 Å². The number of amides is 2. The first-order valence-electron chi connectivity index (χ1n) is 11.4. The van der Waals surface area contributed by atoms with E-state index in [9.17, 15) is 14.9 Å². The van der Waals surface area contributed by atoms with E-state index in [1.807, 2.05) is 61.5 Å². The van der Waals surface area contributed by atoms with E-state index >= 15 is 0 Å². The summed E-state index contributed by atoms with van der Waals surface area (Å²) in [6.45, 7) is 2.67. The summed E-state index contributed by atoms with van der Waals surface area (Å²) >= 11 is 7.56. The summed E-state index contributed by atoms with van der Waals surface area (Å²) in [4.78, 5) is 28.2. The fourth-order valence-electron chi connectivity index (χ4n) is 3.81. The number of nitrogens with one attached hydrogen (secondary N) is 1. The first-order valence-corrected chi connectivity index (χ1v) is 12.7. The van der Waals surface area contributed by atoms with E-state index in [1.165, 1.54) is 16.7 Å². The Hall–Kier alpha value is -3.73. The van der Waals surface area contributed by atoms with Gasteiger partial charge in [0.1, 0.15) is 22.4 Å². The van der Waals surface area contributed by atoms with Crippen molar-refractivity contribution in [1.29, 1.82) is 5.26 Å². The lowest BCUT2D eigenvalue weighted by atomic mass is 10.1. The second kappa shape index (κ2) is 11.8. The Morgan fingerprint density at radius 1 is 1.08 bits per heavy atom. The monoisotopic (exact) mass is 517 g/mol. The smallest absolute Gasteiger partial charge is 0.264 e. The number of carbonyl (C=O) groups excluding carboxylic acids is 2. The Kier molecular flexibility index (Phi) is 8.32. The summed E-state index contributed by atoms with van der Waals surface area (Å²) in [5.41, 5.74) is 2.17. The Morgan fingerprint density at radius 2 is 1.78 bits per heavy atom. The largest absolute Gasteiger partial charge is 0.494 e. The summed E-state index contributed by atoms with van der Waals surface area (Å²) in [7, 11) is 0. The summed E-state index contributed by atoms with van der Waals surface area (Å²) in [6.07, 6.45) is 0.366. The van der Waals surface area contributed by atoms with E-state index in [1.54, 1.807) is 30.3 Å². The second-order valence-corrected chi connectivity index (χ2v) is 9.56. The minimum absolute atomic E-state index is 0.111. The van der Waals surface area contributed by atoms with E-state index in [0.29, 0.717) is 34.5 Å². The van der Waals surface area contributed by atoms with Crippen LogP contribution >= 0.6 is 23.4 Å². The molecule has 3 aromatic rings. The summed E-state index contributed by atoms with van der Waals surface area (Å²) in [6, 6.07) is 25.8. The van der Waals surface area contributed by atoms with Gasteiger partial charge in [-0.3, -0.25) is 14.5 Å². The van der Waals surface area contributed by atoms with Crippen LogP contribution in [0.2, 0.25) is 5.02 Å². The van der Waals surface area contributed by atoms with Gasteiger partial charge in [0, 0.05) is 17.3 Å². The van der Waals surface area contributed by atoms with E-state index in [4.69, 9.17) is 16.3 Å². The maximum atomic E-state index is 13.6. The van der Waals surface area contributed by atoms with Gasteiger partial charge in [-0.15, -0.1) is 0 Å². The minimum Gasteiger partial charge on any atom is -0.494 e. The van der Waals surface area contributed by atoms with E-state index in [2.05, 4.69) is 5.32 Å². The highest BCUT2D eigenvalue weighted by Crippen LogP contribution is 2.42. The summed E-state index contributed by atoms with van der Waals surface area (Å²) in [5.74, 6) is -0.0894. The number of halogens is 1.